The Morgan fingerprint density at radius 1 is 0.838 bits per heavy atom. The summed E-state index contributed by atoms with van der Waals surface area (Å²) in [5.41, 5.74) is 2.28. The van der Waals surface area contributed by atoms with Gasteiger partial charge in [0.15, 0.2) is 5.54 Å². The molecular formula is C32H33N3O2. The van der Waals surface area contributed by atoms with Gasteiger partial charge in [-0.1, -0.05) is 105 Å². The molecule has 1 N–H and O–H groups in total. The first-order valence-electron chi connectivity index (χ1n) is 13.5. The fraction of sp³-hybridized carbons (Fsp3) is 0.312. The number of nitrogens with zero attached hydrogens (tertiary/aromatic N) is 2. The third-order valence-electron chi connectivity index (χ3n) is 8.12. The number of benzene rings is 3. The van der Waals surface area contributed by atoms with Gasteiger partial charge >= 0.3 is 0 Å². The lowest BCUT2D eigenvalue weighted by Gasteiger charge is -2.47. The predicted molar refractivity (Wildman–Crippen MR) is 146 cm³/mol. The Kier molecular flexibility index (Phi) is 6.29. The number of hydrogen-bond donors (Lipinski definition) is 1. The summed E-state index contributed by atoms with van der Waals surface area (Å²) < 4.78 is 2.05. The van der Waals surface area contributed by atoms with Crippen molar-refractivity contribution in [3.63, 3.8) is 0 Å². The van der Waals surface area contributed by atoms with Gasteiger partial charge in [0.1, 0.15) is 5.69 Å². The van der Waals surface area contributed by atoms with Gasteiger partial charge in [-0.3, -0.25) is 9.59 Å². The van der Waals surface area contributed by atoms with Crippen molar-refractivity contribution in [3.05, 3.63) is 108 Å². The highest BCUT2D eigenvalue weighted by atomic mass is 16.2. The second kappa shape index (κ2) is 9.89. The normalized spacial score (nSPS) is 20.4. The molecular weight excluding hydrogens is 458 g/mol. The molecule has 3 aromatic carbocycles. The number of nitrogens with one attached hydrogen (secondary N) is 1. The zero-order valence-corrected chi connectivity index (χ0v) is 21.1. The van der Waals surface area contributed by atoms with Crippen LogP contribution in [0.15, 0.2) is 91.0 Å². The topological polar surface area (TPSA) is 54.3 Å². The van der Waals surface area contributed by atoms with Gasteiger partial charge in [-0.05, 0) is 36.1 Å². The monoisotopic (exact) mass is 491 g/mol. The predicted octanol–water partition coefficient (Wildman–Crippen LogP) is 6.03. The quantitative estimate of drug-likeness (QED) is 0.347. The Labute approximate surface area is 218 Å². The van der Waals surface area contributed by atoms with E-state index in [0.717, 1.165) is 47.7 Å². The maximum Gasteiger partial charge on any atom is 0.272 e. The van der Waals surface area contributed by atoms with Gasteiger partial charge in [-0.2, -0.15) is 0 Å². The first-order valence-corrected chi connectivity index (χ1v) is 13.5. The van der Waals surface area contributed by atoms with Crippen molar-refractivity contribution in [1.82, 2.24) is 14.8 Å². The first-order chi connectivity index (χ1) is 18.2. The van der Waals surface area contributed by atoms with Gasteiger partial charge in [-0.15, -0.1) is 0 Å². The summed E-state index contributed by atoms with van der Waals surface area (Å²) in [6, 6.07) is 30.0. The molecule has 2 heterocycles. The molecule has 0 unspecified atom stereocenters. The van der Waals surface area contributed by atoms with E-state index in [9.17, 15) is 9.59 Å². The minimum atomic E-state index is -1.17. The van der Waals surface area contributed by atoms with Gasteiger partial charge in [-0.25, -0.2) is 0 Å². The fourth-order valence-electron chi connectivity index (χ4n) is 6.17. The van der Waals surface area contributed by atoms with Gasteiger partial charge in [0, 0.05) is 23.5 Å². The van der Waals surface area contributed by atoms with Crippen LogP contribution in [0.5, 0.6) is 0 Å². The van der Waals surface area contributed by atoms with Crippen LogP contribution >= 0.6 is 0 Å². The van der Waals surface area contributed by atoms with Gasteiger partial charge in [0.2, 0.25) is 0 Å². The van der Waals surface area contributed by atoms with Crippen LogP contribution < -0.4 is 5.32 Å². The molecule has 2 aliphatic rings. The number of amides is 2. The number of carbonyl (C=O) groups excluding carboxylic acids is 2. The number of para-hydroxylation sites is 1. The highest BCUT2D eigenvalue weighted by Gasteiger charge is 2.52. The number of hydrogen-bond acceptors (Lipinski definition) is 2. The molecule has 0 bridgehead atoms. The zero-order chi connectivity index (χ0) is 25.2. The number of aromatic nitrogens is 1. The summed E-state index contributed by atoms with van der Waals surface area (Å²) in [5, 5.41) is 4.44. The number of carbonyl (C=O) groups is 2. The maximum absolute atomic E-state index is 14.6. The lowest BCUT2D eigenvalue weighted by atomic mass is 9.83. The Bertz CT molecular complexity index is 1400. The maximum atomic E-state index is 14.6. The minimum absolute atomic E-state index is 0.0849. The molecule has 1 aromatic heterocycles. The van der Waals surface area contributed by atoms with Crippen molar-refractivity contribution >= 4 is 22.7 Å². The molecule has 5 heteroatoms. The Balaban J connectivity index is 1.53. The van der Waals surface area contributed by atoms with E-state index in [0.29, 0.717) is 18.8 Å². The zero-order valence-electron chi connectivity index (χ0n) is 21.1. The molecule has 6 rings (SSSR count). The summed E-state index contributed by atoms with van der Waals surface area (Å²) in [7, 11) is 0. The molecule has 188 valence electrons. The van der Waals surface area contributed by atoms with Crippen LogP contribution in [0.1, 0.15) is 60.1 Å². The van der Waals surface area contributed by atoms with Crippen LogP contribution in [-0.2, 0) is 23.4 Å². The van der Waals surface area contributed by atoms with Crippen molar-refractivity contribution in [3.8, 4) is 0 Å². The largest absolute Gasteiger partial charge is 0.351 e. The van der Waals surface area contributed by atoms with Crippen LogP contribution in [-0.4, -0.2) is 27.3 Å². The van der Waals surface area contributed by atoms with E-state index in [1.165, 1.54) is 12.8 Å². The Morgan fingerprint density at radius 2 is 1.49 bits per heavy atom. The molecule has 2 amide bonds. The lowest BCUT2D eigenvalue weighted by molar-refractivity contribution is -0.136. The van der Waals surface area contributed by atoms with Crippen molar-refractivity contribution in [2.45, 2.75) is 63.2 Å². The van der Waals surface area contributed by atoms with E-state index in [2.05, 4.69) is 9.88 Å². The summed E-state index contributed by atoms with van der Waals surface area (Å²) >= 11 is 0. The molecule has 1 saturated carbocycles. The minimum Gasteiger partial charge on any atom is -0.351 e. The van der Waals surface area contributed by atoms with Gasteiger partial charge in [0.25, 0.3) is 11.8 Å². The highest BCUT2D eigenvalue weighted by molar-refractivity contribution is 6.04. The van der Waals surface area contributed by atoms with Crippen molar-refractivity contribution < 1.29 is 9.59 Å². The highest BCUT2D eigenvalue weighted by Crippen LogP contribution is 2.40. The molecule has 1 aliphatic carbocycles. The Hall–Kier alpha value is -3.86. The first kappa shape index (κ1) is 23.5. The third kappa shape index (κ3) is 4.22. The molecule has 0 radical (unpaired) electrons. The van der Waals surface area contributed by atoms with E-state index in [1.54, 1.807) is 0 Å². The molecule has 1 atom stereocenters. The fourth-order valence-corrected chi connectivity index (χ4v) is 6.17. The van der Waals surface area contributed by atoms with E-state index in [1.807, 2.05) is 95.9 Å². The van der Waals surface area contributed by atoms with Gasteiger partial charge < -0.3 is 14.8 Å². The van der Waals surface area contributed by atoms with Crippen LogP contribution in [0.2, 0.25) is 0 Å². The van der Waals surface area contributed by atoms with Crippen LogP contribution in [0, 0.1) is 0 Å². The van der Waals surface area contributed by atoms with Crippen LogP contribution in [0.3, 0.4) is 0 Å². The standard InChI is InChI=1S/C32H33N3O2/c36-30-29-21-25-15-11-12-20-28(25)34(29)23-32(26-16-7-4-8-17-26,35(30)22-24-13-5-3-6-14-24)31(37)33-27-18-9-1-2-10-19-27/h3-8,11-17,20-21,27H,1-2,9-10,18-19,22-23H2,(H,33,37)/t32-/m0/s1. The van der Waals surface area contributed by atoms with E-state index >= 15 is 0 Å². The lowest BCUT2D eigenvalue weighted by Crippen LogP contribution is -2.63. The average molecular weight is 492 g/mol. The van der Waals surface area contributed by atoms with E-state index < -0.39 is 5.54 Å². The summed E-state index contributed by atoms with van der Waals surface area (Å²) in [6.45, 7) is 0.727. The number of fused-ring (bicyclic) bond motifs is 3. The smallest absolute Gasteiger partial charge is 0.272 e. The molecule has 0 saturated heterocycles. The molecule has 1 aliphatic heterocycles. The third-order valence-corrected chi connectivity index (χ3v) is 8.12. The molecule has 37 heavy (non-hydrogen) atoms. The van der Waals surface area contributed by atoms with Gasteiger partial charge in [0.05, 0.1) is 6.54 Å². The Morgan fingerprint density at radius 3 is 2.22 bits per heavy atom. The van der Waals surface area contributed by atoms with E-state index in [4.69, 9.17) is 0 Å². The second-order valence-electron chi connectivity index (χ2n) is 10.4. The van der Waals surface area contributed by atoms with Crippen molar-refractivity contribution in [2.24, 2.45) is 0 Å². The molecule has 0 spiro atoms. The van der Waals surface area contributed by atoms with Crippen molar-refractivity contribution in [1.29, 1.82) is 0 Å². The average Bonchev–Trinajstić information content (AvgIpc) is 3.11. The molecule has 5 nitrogen and oxygen atoms in total. The molecule has 1 fully saturated rings. The summed E-state index contributed by atoms with van der Waals surface area (Å²) in [6.07, 6.45) is 6.66. The second-order valence-corrected chi connectivity index (χ2v) is 10.4. The van der Waals surface area contributed by atoms with Crippen molar-refractivity contribution in [2.75, 3.05) is 0 Å². The number of rotatable bonds is 5. The van der Waals surface area contributed by atoms with Crippen LogP contribution in [0.4, 0.5) is 0 Å². The van der Waals surface area contributed by atoms with Crippen LogP contribution in [0.25, 0.3) is 10.9 Å². The summed E-state index contributed by atoms with van der Waals surface area (Å²) in [4.78, 5) is 30.8. The molecule has 4 aromatic rings. The SMILES string of the molecule is O=C1c2cc3ccccc3n2C[C@@](C(=O)NC2CCCCCC2)(c2ccccc2)N1Cc1ccccc1. The summed E-state index contributed by atoms with van der Waals surface area (Å²) in [5.74, 6) is -0.204. The van der Waals surface area contributed by atoms with E-state index in [-0.39, 0.29) is 17.9 Å².